The number of hydrogen-bond acceptors (Lipinski definition) is 6. The maximum atomic E-state index is 12.7. The fourth-order valence-corrected chi connectivity index (χ4v) is 4.65. The molecule has 5 heterocycles. The summed E-state index contributed by atoms with van der Waals surface area (Å²) in [5, 5.41) is 21.0. The van der Waals surface area contributed by atoms with Gasteiger partial charge in [0.2, 0.25) is 5.91 Å². The summed E-state index contributed by atoms with van der Waals surface area (Å²) in [6.45, 7) is 2.52. The first-order chi connectivity index (χ1) is 17.5. The molecule has 0 aliphatic carbocycles. The van der Waals surface area contributed by atoms with E-state index in [4.69, 9.17) is 4.98 Å². The Labute approximate surface area is 208 Å². The van der Waals surface area contributed by atoms with Crippen molar-refractivity contribution in [2.75, 3.05) is 24.7 Å². The number of nitriles is 1. The molecular weight excluding hydrogens is 459 g/mol. The van der Waals surface area contributed by atoms with Crippen LogP contribution in [0.25, 0.3) is 27.8 Å². The molecule has 4 aromatic rings. The lowest BCUT2D eigenvalue weighted by molar-refractivity contribution is -0.126. The highest BCUT2D eigenvalue weighted by molar-refractivity contribution is 5.87. The van der Waals surface area contributed by atoms with Crippen molar-refractivity contribution >= 4 is 17.2 Å². The van der Waals surface area contributed by atoms with E-state index in [-0.39, 0.29) is 11.8 Å². The minimum Gasteiger partial charge on any atom is -0.357 e. The third-order valence-electron chi connectivity index (χ3n) is 6.64. The maximum absolute atomic E-state index is 12.7. The Bertz CT molecular complexity index is 1430. The third-order valence-corrected chi connectivity index (χ3v) is 6.64. The van der Waals surface area contributed by atoms with E-state index in [9.17, 15) is 14.4 Å². The number of pyridine rings is 2. The van der Waals surface area contributed by atoms with E-state index in [0.29, 0.717) is 31.5 Å². The van der Waals surface area contributed by atoms with Crippen molar-refractivity contribution in [3.8, 4) is 28.3 Å². The van der Waals surface area contributed by atoms with Crippen LogP contribution in [0.4, 0.5) is 10.2 Å². The zero-order chi connectivity index (χ0) is 25.2. The molecular formula is C26H27FN8O. The average Bonchev–Trinajstić information content (AvgIpc) is 3.54. The second kappa shape index (κ2) is 9.77. The van der Waals surface area contributed by atoms with Crippen LogP contribution in [0.15, 0.2) is 49.2 Å². The Morgan fingerprint density at radius 3 is 2.61 bits per heavy atom. The number of alkyl halides is 1. The molecule has 1 N–H and O–H groups in total. The van der Waals surface area contributed by atoms with Crippen LogP contribution in [0.3, 0.4) is 0 Å². The number of halogens is 1. The summed E-state index contributed by atoms with van der Waals surface area (Å²) in [6.07, 6.45) is 10.4. The molecule has 0 aromatic carbocycles. The Kier molecular flexibility index (Phi) is 6.38. The minimum atomic E-state index is -0.562. The number of amides is 1. The number of rotatable bonds is 6. The van der Waals surface area contributed by atoms with Crippen LogP contribution < -0.4 is 10.2 Å². The van der Waals surface area contributed by atoms with Gasteiger partial charge in [-0.05, 0) is 38.0 Å². The molecule has 1 aliphatic rings. The van der Waals surface area contributed by atoms with Gasteiger partial charge in [0, 0.05) is 66.9 Å². The zero-order valence-electron chi connectivity index (χ0n) is 20.2. The second-order valence-corrected chi connectivity index (χ2v) is 9.24. The number of nitrogens with zero attached hydrogens (tertiary/aromatic N) is 7. The summed E-state index contributed by atoms with van der Waals surface area (Å²) in [6, 6.07) is 7.78. The standard InChI is InChI=1S/C26H27FN8O/c1-17(10-27)32-26(36)18-5-7-34(8-6-18)24-4-3-19(12-29-24)23-9-20(22-14-30-33(2)15-22)16-35-25(23)21(11-28)13-31-35/h3-4,9,12-18H,5-8,10H2,1-2H3,(H,32,36)/t17-/m1/s1. The van der Waals surface area contributed by atoms with Crippen molar-refractivity contribution in [2.24, 2.45) is 13.0 Å². The van der Waals surface area contributed by atoms with Crippen LogP contribution in [0.2, 0.25) is 0 Å². The lowest BCUT2D eigenvalue weighted by Gasteiger charge is -2.32. The topological polar surface area (TPSA) is 104 Å². The molecule has 10 heteroatoms. The van der Waals surface area contributed by atoms with Gasteiger partial charge in [0.25, 0.3) is 0 Å². The highest BCUT2D eigenvalue weighted by Crippen LogP contribution is 2.32. The Balaban J connectivity index is 1.39. The van der Waals surface area contributed by atoms with Gasteiger partial charge in [-0.3, -0.25) is 9.48 Å². The number of anilines is 1. The molecule has 5 rings (SSSR count). The van der Waals surface area contributed by atoms with Crippen molar-refractivity contribution in [1.82, 2.24) is 29.7 Å². The molecule has 1 aliphatic heterocycles. The molecule has 0 saturated carbocycles. The predicted molar refractivity (Wildman–Crippen MR) is 134 cm³/mol. The molecule has 4 aromatic heterocycles. The monoisotopic (exact) mass is 486 g/mol. The van der Waals surface area contributed by atoms with Gasteiger partial charge in [-0.2, -0.15) is 15.5 Å². The first-order valence-corrected chi connectivity index (χ1v) is 11.9. The normalized spacial score (nSPS) is 15.1. The van der Waals surface area contributed by atoms with Gasteiger partial charge in [-0.25, -0.2) is 13.9 Å². The smallest absolute Gasteiger partial charge is 0.223 e. The highest BCUT2D eigenvalue weighted by Gasteiger charge is 2.26. The summed E-state index contributed by atoms with van der Waals surface area (Å²) in [5.41, 5.74) is 4.85. The largest absolute Gasteiger partial charge is 0.357 e. The minimum absolute atomic E-state index is 0.0743. The van der Waals surface area contributed by atoms with Gasteiger partial charge < -0.3 is 10.2 Å². The van der Waals surface area contributed by atoms with E-state index in [1.807, 2.05) is 43.8 Å². The van der Waals surface area contributed by atoms with Crippen molar-refractivity contribution in [1.29, 1.82) is 5.26 Å². The molecule has 184 valence electrons. The zero-order valence-corrected chi connectivity index (χ0v) is 20.2. The van der Waals surface area contributed by atoms with Crippen LogP contribution in [0, 0.1) is 17.2 Å². The van der Waals surface area contributed by atoms with Crippen LogP contribution in [-0.2, 0) is 11.8 Å². The van der Waals surface area contributed by atoms with Gasteiger partial charge in [0.15, 0.2) is 0 Å². The number of nitrogens with one attached hydrogen (secondary N) is 1. The molecule has 1 saturated heterocycles. The molecule has 9 nitrogen and oxygen atoms in total. The number of aromatic nitrogens is 5. The summed E-state index contributed by atoms with van der Waals surface area (Å²) in [7, 11) is 1.87. The molecule has 0 unspecified atom stereocenters. The number of carbonyl (C=O) groups is 1. The van der Waals surface area contributed by atoms with Crippen molar-refractivity contribution in [3.63, 3.8) is 0 Å². The van der Waals surface area contributed by atoms with Gasteiger partial charge in [-0.1, -0.05) is 0 Å². The number of carbonyl (C=O) groups excluding carboxylic acids is 1. The lowest BCUT2D eigenvalue weighted by atomic mass is 9.95. The van der Waals surface area contributed by atoms with Crippen molar-refractivity contribution in [3.05, 3.63) is 54.7 Å². The van der Waals surface area contributed by atoms with Gasteiger partial charge in [0.05, 0.1) is 29.5 Å². The van der Waals surface area contributed by atoms with Crippen LogP contribution in [-0.4, -0.2) is 56.1 Å². The number of piperidine rings is 1. The summed E-state index contributed by atoms with van der Waals surface area (Å²) in [5.74, 6) is 0.655. The highest BCUT2D eigenvalue weighted by atomic mass is 19.1. The fraction of sp³-hybridized carbons (Fsp3) is 0.346. The van der Waals surface area contributed by atoms with Gasteiger partial charge in [-0.15, -0.1) is 0 Å². The van der Waals surface area contributed by atoms with Gasteiger partial charge in [0.1, 0.15) is 18.6 Å². The second-order valence-electron chi connectivity index (χ2n) is 9.24. The first kappa shape index (κ1) is 23.5. The lowest BCUT2D eigenvalue weighted by Crippen LogP contribution is -2.43. The van der Waals surface area contributed by atoms with Crippen molar-refractivity contribution in [2.45, 2.75) is 25.8 Å². The Morgan fingerprint density at radius 2 is 1.97 bits per heavy atom. The van der Waals surface area contributed by atoms with E-state index < -0.39 is 12.7 Å². The third kappa shape index (κ3) is 4.52. The fourth-order valence-electron chi connectivity index (χ4n) is 4.65. The molecule has 1 atom stereocenters. The van der Waals surface area contributed by atoms with Crippen molar-refractivity contribution < 1.29 is 9.18 Å². The van der Waals surface area contributed by atoms with E-state index in [1.165, 1.54) is 0 Å². The van der Waals surface area contributed by atoms with E-state index in [2.05, 4.69) is 26.5 Å². The number of hydrogen-bond donors (Lipinski definition) is 1. The Morgan fingerprint density at radius 1 is 1.17 bits per heavy atom. The molecule has 1 fully saturated rings. The summed E-state index contributed by atoms with van der Waals surface area (Å²) < 4.78 is 16.2. The molecule has 0 spiro atoms. The van der Waals surface area contributed by atoms with Gasteiger partial charge >= 0.3 is 0 Å². The Hall–Kier alpha value is -4.26. The molecule has 36 heavy (non-hydrogen) atoms. The molecule has 0 bridgehead atoms. The number of aryl methyl sites for hydroxylation is 1. The van der Waals surface area contributed by atoms with Crippen LogP contribution >= 0.6 is 0 Å². The quantitative estimate of drug-likeness (QED) is 0.448. The van der Waals surface area contributed by atoms with E-state index >= 15 is 0 Å². The predicted octanol–water partition coefficient (Wildman–Crippen LogP) is 3.36. The summed E-state index contributed by atoms with van der Waals surface area (Å²) in [4.78, 5) is 19.2. The number of fused-ring (bicyclic) bond motifs is 1. The summed E-state index contributed by atoms with van der Waals surface area (Å²) >= 11 is 0. The maximum Gasteiger partial charge on any atom is 0.223 e. The molecule has 0 radical (unpaired) electrons. The first-order valence-electron chi connectivity index (χ1n) is 11.9. The van der Waals surface area contributed by atoms with E-state index in [0.717, 1.165) is 33.6 Å². The average molecular weight is 487 g/mol. The molecule has 1 amide bonds. The van der Waals surface area contributed by atoms with E-state index in [1.54, 1.807) is 28.5 Å². The van der Waals surface area contributed by atoms with Crippen LogP contribution in [0.5, 0.6) is 0 Å². The SMILES string of the molecule is C[C@H](CF)NC(=O)C1CCN(c2ccc(-c3cc(-c4cnn(C)c4)cn4ncc(C#N)c34)cn2)CC1. The van der Waals surface area contributed by atoms with Crippen LogP contribution in [0.1, 0.15) is 25.3 Å².